The Morgan fingerprint density at radius 1 is 1.33 bits per heavy atom. The maximum atomic E-state index is 8.33. The fourth-order valence-electron chi connectivity index (χ4n) is 0. The molecule has 0 unspecified atom stereocenters. The third-order valence-corrected chi connectivity index (χ3v) is 0. The molecule has 0 aliphatic carbocycles. The van der Waals surface area contributed by atoms with Crippen LogP contribution in [0.15, 0.2) is 0 Å². The topological polar surface area (TPSA) is 63.2 Å². The summed E-state index contributed by atoms with van der Waals surface area (Å²) in [6.07, 6.45) is -2.33. The Balaban J connectivity index is -0.0000000450. The molecule has 0 aliphatic rings. The molecule has 0 rings (SSSR count). The summed E-state index contributed by atoms with van der Waals surface area (Å²) in [5.74, 6) is 0. The predicted octanol–water partition coefficient (Wildman–Crippen LogP) is -2.19. The number of rotatable bonds is 0. The fraction of sp³-hybridized carbons (Fsp3) is 0.500. The molecule has 0 aromatic heterocycles. The van der Waals surface area contributed by atoms with Crippen molar-refractivity contribution < 1.29 is 15.0 Å². The van der Waals surface area contributed by atoms with Gasteiger partial charge in [0.1, 0.15) is 0 Å². The van der Waals surface area contributed by atoms with E-state index >= 15 is 0 Å². The van der Waals surface area contributed by atoms with Crippen LogP contribution in [0.1, 0.15) is 7.43 Å². The molecule has 0 fully saturated rings. The molecule has 4 heteroatoms. The van der Waals surface area contributed by atoms with Crippen molar-refractivity contribution >= 4 is 51.6 Å². The third-order valence-electron chi connectivity index (χ3n) is 0. The molecule has 0 radical (unpaired) electrons. The van der Waals surface area contributed by atoms with Crippen LogP contribution in [0, 0.1) is 0 Å². The van der Waals surface area contributed by atoms with E-state index in [9.17, 15) is 0 Å². The first-order valence-electron chi connectivity index (χ1n) is 0.612. The van der Waals surface area contributed by atoms with E-state index in [-0.39, 0.29) is 52.9 Å². The average molecular weight is 164 g/mol. The molecule has 0 aromatic rings. The van der Waals surface area contributed by atoms with Crippen LogP contribution in [-0.2, 0) is 0 Å². The molecule has 0 atom stereocenters. The normalized spacial score (nSPS) is 4.00. The van der Waals surface area contributed by atoms with Gasteiger partial charge in [-0.3, -0.25) is 0 Å². The molecule has 0 bridgehead atoms. The Labute approximate surface area is 73.2 Å². The Kier molecular flexibility index (Phi) is 24.4. The smallest absolute Gasteiger partial charge is 0.652 e. The van der Waals surface area contributed by atoms with Crippen molar-refractivity contribution in [3.63, 3.8) is 0 Å². The second kappa shape index (κ2) is 9.23. The van der Waals surface area contributed by atoms with Crippen molar-refractivity contribution in [1.29, 1.82) is 0 Å². The van der Waals surface area contributed by atoms with Gasteiger partial charge in [-0.05, 0) is 6.16 Å². The zero-order chi connectivity index (χ0) is 3.58. The van der Waals surface area contributed by atoms with E-state index in [1.807, 2.05) is 0 Å². The van der Waals surface area contributed by atoms with E-state index in [0.717, 1.165) is 0 Å². The van der Waals surface area contributed by atoms with Crippen molar-refractivity contribution in [2.24, 2.45) is 0 Å². The zero-order valence-corrected chi connectivity index (χ0v) is 5.91. The molecule has 0 aromatic carbocycles. The first-order chi connectivity index (χ1) is 1.73. The molecule has 0 spiro atoms. The maximum absolute atomic E-state index is 8.33. The van der Waals surface area contributed by atoms with Crippen molar-refractivity contribution in [2.45, 2.75) is 7.43 Å². The summed E-state index contributed by atoms with van der Waals surface area (Å²) in [5.41, 5.74) is 0. The number of carboxylic acid groups (broad SMARTS) is 2. The first-order valence-corrected chi connectivity index (χ1v) is 0.612. The summed E-state index contributed by atoms with van der Waals surface area (Å²) >= 11 is 0. The Morgan fingerprint density at radius 3 is 1.33 bits per heavy atom. The van der Waals surface area contributed by atoms with Crippen LogP contribution in [-0.4, -0.2) is 51.6 Å². The van der Waals surface area contributed by atoms with Gasteiger partial charge in [-0.15, -0.1) is 0 Å². The molecule has 0 N–H and O–H groups in total. The van der Waals surface area contributed by atoms with Gasteiger partial charge < -0.3 is 15.0 Å². The van der Waals surface area contributed by atoms with Crippen LogP contribution in [0.2, 0.25) is 0 Å². The van der Waals surface area contributed by atoms with Crippen molar-refractivity contribution in [3.05, 3.63) is 0 Å². The maximum Gasteiger partial charge on any atom is 2.00 e. The predicted molar refractivity (Wildman–Crippen MR) is 17.9 cm³/mol. The molecule has 32 valence electrons. The standard InChI is InChI=1S/CH2O3.CH4.Sr/c2-1(3)4;;/h(H2,2,3,4);1H4;/q;;+2/p-2. The van der Waals surface area contributed by atoms with Crippen LogP contribution in [0.3, 0.4) is 0 Å². The van der Waals surface area contributed by atoms with Crippen molar-refractivity contribution in [1.82, 2.24) is 0 Å². The van der Waals surface area contributed by atoms with Gasteiger partial charge in [0, 0.05) is 0 Å². The summed E-state index contributed by atoms with van der Waals surface area (Å²) in [5, 5.41) is 16.7. The summed E-state index contributed by atoms with van der Waals surface area (Å²) < 4.78 is 0. The molecular formula is C2H4O3Sr. The van der Waals surface area contributed by atoms with E-state index in [2.05, 4.69) is 0 Å². The van der Waals surface area contributed by atoms with Gasteiger partial charge in [0.05, 0.1) is 0 Å². The van der Waals surface area contributed by atoms with Crippen LogP contribution in [0.5, 0.6) is 0 Å². The Bertz CT molecular complexity index is 31.8. The summed E-state index contributed by atoms with van der Waals surface area (Å²) in [4.78, 5) is 8.33. The minimum atomic E-state index is -2.33. The van der Waals surface area contributed by atoms with Crippen LogP contribution >= 0.6 is 0 Å². The van der Waals surface area contributed by atoms with Crippen LogP contribution in [0.4, 0.5) is 4.79 Å². The van der Waals surface area contributed by atoms with E-state index in [1.54, 1.807) is 0 Å². The molecule has 0 aliphatic heterocycles. The first kappa shape index (κ1) is 15.9. The summed E-state index contributed by atoms with van der Waals surface area (Å²) in [7, 11) is 0. The number of hydrogen-bond donors (Lipinski definition) is 0. The van der Waals surface area contributed by atoms with Gasteiger partial charge in [-0.2, -0.15) is 0 Å². The number of carbonyl (C=O) groups excluding carboxylic acids is 1. The second-order valence-electron chi connectivity index (χ2n) is 0.250. The SMILES string of the molecule is C.O=C([O-])[O-].[Sr+2]. The Hall–Kier alpha value is 0.751. The van der Waals surface area contributed by atoms with Crippen LogP contribution in [0.25, 0.3) is 0 Å². The quantitative estimate of drug-likeness (QED) is 0.381. The Morgan fingerprint density at radius 2 is 1.33 bits per heavy atom. The van der Waals surface area contributed by atoms with Crippen molar-refractivity contribution in [3.8, 4) is 0 Å². The number of carbonyl (C=O) groups is 1. The molecule has 0 saturated carbocycles. The number of hydrogen-bond acceptors (Lipinski definition) is 3. The van der Waals surface area contributed by atoms with E-state index in [4.69, 9.17) is 15.0 Å². The fourth-order valence-corrected chi connectivity index (χ4v) is 0. The largest absolute Gasteiger partial charge is 2.00 e. The van der Waals surface area contributed by atoms with E-state index in [1.165, 1.54) is 0 Å². The second-order valence-corrected chi connectivity index (χ2v) is 0.250. The summed E-state index contributed by atoms with van der Waals surface area (Å²) in [6, 6.07) is 0. The molecule has 0 heterocycles. The van der Waals surface area contributed by atoms with Crippen molar-refractivity contribution in [2.75, 3.05) is 0 Å². The van der Waals surface area contributed by atoms with Gasteiger partial charge in [0.25, 0.3) is 0 Å². The van der Waals surface area contributed by atoms with E-state index < -0.39 is 6.16 Å². The average Bonchev–Trinajstić information content (AvgIpc) is 0.811. The summed E-state index contributed by atoms with van der Waals surface area (Å²) in [6.45, 7) is 0. The molecule has 0 amide bonds. The third kappa shape index (κ3) is 119. The van der Waals surface area contributed by atoms with Gasteiger partial charge in [0.15, 0.2) is 0 Å². The monoisotopic (exact) mass is 164 g/mol. The van der Waals surface area contributed by atoms with Gasteiger partial charge in [0.2, 0.25) is 0 Å². The molecule has 3 nitrogen and oxygen atoms in total. The molecule has 6 heavy (non-hydrogen) atoms. The van der Waals surface area contributed by atoms with Crippen LogP contribution < -0.4 is 10.2 Å². The molecular weight excluding hydrogens is 160 g/mol. The minimum absolute atomic E-state index is 0. The van der Waals surface area contributed by atoms with E-state index in [0.29, 0.717) is 0 Å². The van der Waals surface area contributed by atoms with Gasteiger partial charge in [-0.25, -0.2) is 0 Å². The van der Waals surface area contributed by atoms with Gasteiger partial charge >= 0.3 is 45.5 Å². The zero-order valence-electron chi connectivity index (χ0n) is 2.43. The minimum Gasteiger partial charge on any atom is -0.652 e. The molecule has 0 saturated heterocycles. The van der Waals surface area contributed by atoms with Gasteiger partial charge in [-0.1, -0.05) is 7.43 Å².